The number of carbonyl (C=O) groups excluding carboxylic acids is 2. The quantitative estimate of drug-likeness (QED) is 0.769. The van der Waals surface area contributed by atoms with E-state index in [1.54, 1.807) is 0 Å². The van der Waals surface area contributed by atoms with E-state index in [2.05, 4.69) is 6.92 Å². The molecule has 1 atom stereocenters. The van der Waals surface area contributed by atoms with Crippen LogP contribution in [0.1, 0.15) is 26.7 Å². The van der Waals surface area contributed by atoms with E-state index in [1.165, 1.54) is 18.7 Å². The minimum atomic E-state index is -0.116. The van der Waals surface area contributed by atoms with Crippen LogP contribution in [0.4, 0.5) is 10.5 Å². The molecule has 2 amide bonds. The number of benzene rings is 1. The number of thioether (sulfide) groups is 1. The fourth-order valence-electron chi connectivity index (χ4n) is 2.19. The molecule has 0 saturated heterocycles. The van der Waals surface area contributed by atoms with E-state index in [1.807, 2.05) is 24.3 Å². The van der Waals surface area contributed by atoms with Gasteiger partial charge in [-0.2, -0.15) is 4.48 Å². The summed E-state index contributed by atoms with van der Waals surface area (Å²) in [4.78, 5) is 25.1. The zero-order valence-corrected chi connectivity index (χ0v) is 10.9. The second kappa shape index (κ2) is 4.63. The van der Waals surface area contributed by atoms with Gasteiger partial charge in [-0.05, 0) is 12.5 Å². The van der Waals surface area contributed by atoms with Gasteiger partial charge in [-0.1, -0.05) is 25.5 Å². The molecule has 1 unspecified atom stereocenters. The lowest BCUT2D eigenvalue weighted by molar-refractivity contribution is -0.125. The number of nitrogens with zero attached hydrogens (tertiary/aromatic N) is 1. The molecule has 3 nitrogen and oxygen atoms in total. The van der Waals surface area contributed by atoms with Gasteiger partial charge < -0.3 is 0 Å². The van der Waals surface area contributed by atoms with E-state index in [4.69, 9.17) is 0 Å². The Bertz CT molecular complexity index is 472. The molecule has 0 fully saturated rings. The van der Waals surface area contributed by atoms with Crippen LogP contribution in [0.5, 0.6) is 0 Å². The topological polar surface area (TPSA) is 34.1 Å². The first-order chi connectivity index (χ1) is 8.13. The Hall–Kier alpha value is -1.13. The van der Waals surface area contributed by atoms with Crippen LogP contribution in [0.25, 0.3) is 0 Å². The minimum Gasteiger partial charge on any atom is -0.230 e. The summed E-state index contributed by atoms with van der Waals surface area (Å²) in [6, 6.07) is 7.59. The van der Waals surface area contributed by atoms with Crippen LogP contribution in [-0.2, 0) is 4.79 Å². The summed E-state index contributed by atoms with van der Waals surface area (Å²) < 4.78 is -0.116. The maximum atomic E-state index is 12.2. The van der Waals surface area contributed by atoms with E-state index in [9.17, 15) is 9.59 Å². The molecular weight excluding hydrogens is 234 g/mol. The van der Waals surface area contributed by atoms with E-state index in [0.717, 1.165) is 23.4 Å². The summed E-state index contributed by atoms with van der Waals surface area (Å²) in [6.45, 7) is 4.15. The molecule has 90 valence electrons. The molecule has 1 aromatic rings. The molecule has 0 spiro atoms. The van der Waals surface area contributed by atoms with Gasteiger partial charge in [0.05, 0.1) is 18.4 Å². The molecule has 1 aromatic carbocycles. The monoisotopic (exact) mass is 250 g/mol. The van der Waals surface area contributed by atoms with Crippen molar-refractivity contribution in [3.8, 4) is 0 Å². The lowest BCUT2D eigenvalue weighted by Crippen LogP contribution is -2.54. The molecule has 4 heteroatoms. The summed E-state index contributed by atoms with van der Waals surface area (Å²) >= 11 is 1.19. The van der Waals surface area contributed by atoms with Crippen molar-refractivity contribution >= 4 is 28.6 Å². The zero-order valence-electron chi connectivity index (χ0n) is 10.1. The lowest BCUT2D eigenvalue weighted by Gasteiger charge is -2.26. The molecule has 0 bridgehead atoms. The van der Waals surface area contributed by atoms with Crippen LogP contribution >= 0.6 is 11.8 Å². The highest BCUT2D eigenvalue weighted by molar-refractivity contribution is 8.14. The number of amides is 2. The van der Waals surface area contributed by atoms with E-state index < -0.39 is 0 Å². The molecule has 2 rings (SSSR count). The van der Waals surface area contributed by atoms with E-state index >= 15 is 0 Å². The van der Waals surface area contributed by atoms with Crippen LogP contribution in [-0.4, -0.2) is 17.7 Å². The molecule has 0 aromatic heterocycles. The molecule has 0 saturated carbocycles. The third kappa shape index (κ3) is 1.81. The number of imide groups is 1. The second-order valence-corrected chi connectivity index (χ2v) is 5.23. The fourth-order valence-corrected chi connectivity index (χ4v) is 3.33. The van der Waals surface area contributed by atoms with Gasteiger partial charge in [0.25, 0.3) is 0 Å². The highest BCUT2D eigenvalue weighted by atomic mass is 32.2. The highest BCUT2D eigenvalue weighted by Gasteiger charge is 2.51. The molecule has 1 aliphatic rings. The van der Waals surface area contributed by atoms with Crippen molar-refractivity contribution in [2.24, 2.45) is 0 Å². The average molecular weight is 250 g/mol. The standard InChI is InChI=1S/C13H16NO2S/c1-3-4-9-14(10(2)15)11-7-5-6-8-12(11)17-13(14)16/h5-8H,3-4,9H2,1-2H3/q+1. The average Bonchev–Trinajstić information content (AvgIpc) is 2.59. The molecule has 0 aliphatic carbocycles. The van der Waals surface area contributed by atoms with Crippen molar-refractivity contribution < 1.29 is 9.59 Å². The summed E-state index contributed by atoms with van der Waals surface area (Å²) in [5.74, 6) is -0.0825. The number of para-hydroxylation sites is 1. The Balaban J connectivity index is 2.52. The van der Waals surface area contributed by atoms with E-state index in [0.29, 0.717) is 6.54 Å². The van der Waals surface area contributed by atoms with Crippen LogP contribution in [0.3, 0.4) is 0 Å². The first-order valence-electron chi connectivity index (χ1n) is 5.84. The minimum absolute atomic E-state index is 0.0628. The van der Waals surface area contributed by atoms with Gasteiger partial charge in [0.1, 0.15) is 0 Å². The Labute approximate surface area is 105 Å². The Morgan fingerprint density at radius 3 is 2.71 bits per heavy atom. The predicted molar refractivity (Wildman–Crippen MR) is 69.9 cm³/mol. The summed E-state index contributed by atoms with van der Waals surface area (Å²) in [6.07, 6.45) is 1.85. The van der Waals surface area contributed by atoms with Crippen molar-refractivity contribution in [3.05, 3.63) is 24.3 Å². The third-order valence-electron chi connectivity index (χ3n) is 3.17. The Morgan fingerprint density at radius 2 is 2.06 bits per heavy atom. The van der Waals surface area contributed by atoms with E-state index in [-0.39, 0.29) is 15.6 Å². The smallest absolute Gasteiger partial charge is 0.230 e. The number of hydrogen-bond acceptors (Lipinski definition) is 3. The summed E-state index contributed by atoms with van der Waals surface area (Å²) in [5.41, 5.74) is 0.850. The van der Waals surface area contributed by atoms with Crippen LogP contribution in [0.15, 0.2) is 29.2 Å². The van der Waals surface area contributed by atoms with Crippen LogP contribution < -0.4 is 4.48 Å². The van der Waals surface area contributed by atoms with Gasteiger partial charge in [0.2, 0.25) is 0 Å². The molecule has 17 heavy (non-hydrogen) atoms. The van der Waals surface area contributed by atoms with Gasteiger partial charge in [-0.25, -0.2) is 9.59 Å². The van der Waals surface area contributed by atoms with Crippen molar-refractivity contribution in [2.75, 3.05) is 6.54 Å². The van der Waals surface area contributed by atoms with Gasteiger partial charge >= 0.3 is 11.1 Å². The summed E-state index contributed by atoms with van der Waals surface area (Å²) in [5, 5.41) is -0.0628. The number of rotatable bonds is 3. The van der Waals surface area contributed by atoms with Crippen molar-refractivity contribution in [1.29, 1.82) is 0 Å². The van der Waals surface area contributed by atoms with Gasteiger partial charge in [0.15, 0.2) is 5.69 Å². The number of fused-ring (bicyclic) bond motifs is 1. The largest absolute Gasteiger partial charge is 0.392 e. The maximum absolute atomic E-state index is 12.2. The first-order valence-corrected chi connectivity index (χ1v) is 6.65. The fraction of sp³-hybridized carbons (Fsp3) is 0.385. The molecular formula is C13H16NO2S+. The van der Waals surface area contributed by atoms with Gasteiger partial charge in [0, 0.05) is 17.8 Å². The normalized spacial score (nSPS) is 22.6. The first kappa shape index (κ1) is 12.3. The van der Waals surface area contributed by atoms with Crippen LogP contribution in [0, 0.1) is 0 Å². The lowest BCUT2D eigenvalue weighted by atomic mass is 10.2. The number of carbonyl (C=O) groups is 2. The molecule has 1 aliphatic heterocycles. The zero-order chi connectivity index (χ0) is 12.5. The predicted octanol–water partition coefficient (Wildman–Crippen LogP) is 3.57. The molecule has 1 heterocycles. The SMILES string of the molecule is CCCC[N+]1(C(C)=O)C(=O)Sc2ccccc21. The Kier molecular flexibility index (Phi) is 3.35. The second-order valence-electron chi connectivity index (χ2n) is 4.24. The number of unbranched alkanes of at least 4 members (excludes halogenated alkanes) is 1. The summed E-state index contributed by atoms with van der Waals surface area (Å²) in [7, 11) is 0. The van der Waals surface area contributed by atoms with Gasteiger partial charge in [-0.15, -0.1) is 0 Å². The third-order valence-corrected chi connectivity index (χ3v) is 4.22. The molecule has 0 N–H and O–H groups in total. The molecule has 0 radical (unpaired) electrons. The number of hydrogen-bond donors (Lipinski definition) is 0. The highest BCUT2D eigenvalue weighted by Crippen LogP contribution is 2.45. The Morgan fingerprint density at radius 1 is 1.35 bits per heavy atom. The van der Waals surface area contributed by atoms with Crippen LogP contribution in [0.2, 0.25) is 0 Å². The van der Waals surface area contributed by atoms with Crippen molar-refractivity contribution in [3.63, 3.8) is 0 Å². The van der Waals surface area contributed by atoms with Gasteiger partial charge in [-0.3, -0.25) is 0 Å². The van der Waals surface area contributed by atoms with Crippen molar-refractivity contribution in [2.45, 2.75) is 31.6 Å². The number of quaternary nitrogens is 1. The maximum Gasteiger partial charge on any atom is 0.392 e. The van der Waals surface area contributed by atoms with Crippen molar-refractivity contribution in [1.82, 2.24) is 4.48 Å².